The van der Waals surface area contributed by atoms with Gasteiger partial charge >= 0.3 is 6.03 Å². The van der Waals surface area contributed by atoms with Gasteiger partial charge in [0.1, 0.15) is 0 Å². The smallest absolute Gasteiger partial charge is 0.320 e. The molecule has 7 nitrogen and oxygen atoms in total. The molecule has 2 fully saturated rings. The number of carbonyl (C=O) groups excluding carboxylic acids is 2. The molecule has 8 heteroatoms. The normalized spacial score (nSPS) is 18.9. The Morgan fingerprint density at radius 2 is 1.68 bits per heavy atom. The molecule has 1 unspecified atom stereocenters. The first-order valence-electron chi connectivity index (χ1n) is 9.72. The Balaban J connectivity index is 0.00000280. The fourth-order valence-electron chi connectivity index (χ4n) is 3.77. The predicted octanol–water partition coefficient (Wildman–Crippen LogP) is 1.56. The van der Waals surface area contributed by atoms with E-state index in [-0.39, 0.29) is 30.3 Å². The number of ether oxygens (including phenoxy) is 1. The fourth-order valence-corrected chi connectivity index (χ4v) is 3.77. The molecule has 0 aromatic heterocycles. The molecule has 2 saturated heterocycles. The maximum absolute atomic E-state index is 12.7. The Morgan fingerprint density at radius 3 is 2.29 bits per heavy atom. The Bertz CT molecular complexity index is 632. The minimum atomic E-state index is -0.461. The second-order valence-corrected chi connectivity index (χ2v) is 7.41. The van der Waals surface area contributed by atoms with E-state index in [1.54, 1.807) is 9.80 Å². The number of hydrogen-bond donors (Lipinski definition) is 1. The van der Waals surface area contributed by atoms with E-state index in [9.17, 15) is 9.59 Å². The van der Waals surface area contributed by atoms with Crippen molar-refractivity contribution in [1.29, 1.82) is 0 Å². The van der Waals surface area contributed by atoms with Gasteiger partial charge in [-0.15, -0.1) is 12.4 Å². The average molecular weight is 411 g/mol. The maximum Gasteiger partial charge on any atom is 0.320 e. The number of rotatable bonds is 4. The molecule has 2 heterocycles. The molecule has 0 aliphatic carbocycles. The minimum absolute atomic E-state index is 0. The molecule has 3 rings (SSSR count). The van der Waals surface area contributed by atoms with E-state index >= 15 is 0 Å². The van der Waals surface area contributed by atoms with Crippen LogP contribution in [0.2, 0.25) is 0 Å². The standard InChI is InChI=1S/C20H30N4O3.ClH/c1-22(15-16-5-3-2-4-6-16)20(26)24-11-9-23(10-12-24)19(25)18(21)17-7-13-27-14-8-17;/h2-6,17-18H,7-15,21H2,1H3;1H. The lowest BCUT2D eigenvalue weighted by molar-refractivity contribution is -0.136. The van der Waals surface area contributed by atoms with Crippen LogP contribution in [0.3, 0.4) is 0 Å². The van der Waals surface area contributed by atoms with Gasteiger partial charge in [-0.2, -0.15) is 0 Å². The highest BCUT2D eigenvalue weighted by atomic mass is 35.5. The highest BCUT2D eigenvalue weighted by molar-refractivity contribution is 5.85. The maximum atomic E-state index is 12.7. The molecule has 28 heavy (non-hydrogen) atoms. The molecule has 1 aromatic carbocycles. The number of nitrogens with two attached hydrogens (primary N) is 1. The molecule has 0 bridgehead atoms. The highest BCUT2D eigenvalue weighted by Gasteiger charge is 2.32. The number of urea groups is 1. The molecule has 3 amide bonds. The third-order valence-electron chi connectivity index (χ3n) is 5.51. The highest BCUT2D eigenvalue weighted by Crippen LogP contribution is 2.19. The van der Waals surface area contributed by atoms with Crippen molar-refractivity contribution in [3.05, 3.63) is 35.9 Å². The van der Waals surface area contributed by atoms with Crippen LogP contribution in [0.25, 0.3) is 0 Å². The summed E-state index contributed by atoms with van der Waals surface area (Å²) in [5, 5.41) is 0. The van der Waals surface area contributed by atoms with E-state index in [1.807, 2.05) is 42.3 Å². The zero-order chi connectivity index (χ0) is 19.2. The van der Waals surface area contributed by atoms with Crippen LogP contribution in [0, 0.1) is 5.92 Å². The van der Waals surface area contributed by atoms with E-state index in [0.717, 1.165) is 18.4 Å². The molecule has 2 aliphatic rings. The van der Waals surface area contributed by atoms with Gasteiger partial charge in [-0.05, 0) is 24.3 Å². The summed E-state index contributed by atoms with van der Waals surface area (Å²) in [7, 11) is 1.81. The van der Waals surface area contributed by atoms with Crippen LogP contribution in [0.4, 0.5) is 4.79 Å². The first-order valence-corrected chi connectivity index (χ1v) is 9.72. The molecule has 1 atom stereocenters. The summed E-state index contributed by atoms with van der Waals surface area (Å²) in [6.45, 7) is 4.12. The Hall–Kier alpha value is -1.83. The SMILES string of the molecule is CN(Cc1ccccc1)C(=O)N1CCN(C(=O)C(N)C2CCOCC2)CC1.Cl. The van der Waals surface area contributed by atoms with E-state index in [4.69, 9.17) is 10.5 Å². The molecular weight excluding hydrogens is 380 g/mol. The largest absolute Gasteiger partial charge is 0.381 e. The summed E-state index contributed by atoms with van der Waals surface area (Å²) in [6.07, 6.45) is 1.69. The summed E-state index contributed by atoms with van der Waals surface area (Å²) < 4.78 is 5.35. The van der Waals surface area contributed by atoms with Crippen molar-refractivity contribution in [2.45, 2.75) is 25.4 Å². The number of halogens is 1. The quantitative estimate of drug-likeness (QED) is 0.816. The number of hydrogen-bond acceptors (Lipinski definition) is 4. The molecule has 0 radical (unpaired) electrons. The van der Waals surface area contributed by atoms with Crippen molar-refractivity contribution < 1.29 is 14.3 Å². The van der Waals surface area contributed by atoms with E-state index in [0.29, 0.717) is 45.9 Å². The van der Waals surface area contributed by atoms with Crippen LogP contribution in [0.1, 0.15) is 18.4 Å². The lowest BCUT2D eigenvalue weighted by atomic mass is 9.91. The number of nitrogens with zero attached hydrogens (tertiary/aromatic N) is 3. The van der Waals surface area contributed by atoms with Crippen LogP contribution in [-0.4, -0.2) is 79.1 Å². The lowest BCUT2D eigenvalue weighted by Crippen LogP contribution is -2.57. The van der Waals surface area contributed by atoms with Crippen LogP contribution >= 0.6 is 12.4 Å². The molecule has 2 N–H and O–H groups in total. The van der Waals surface area contributed by atoms with E-state index in [2.05, 4.69) is 0 Å². The average Bonchev–Trinajstić information content (AvgIpc) is 2.73. The van der Waals surface area contributed by atoms with Crippen molar-refractivity contribution in [3.63, 3.8) is 0 Å². The summed E-state index contributed by atoms with van der Waals surface area (Å²) >= 11 is 0. The van der Waals surface area contributed by atoms with Gasteiger partial charge in [0.15, 0.2) is 0 Å². The first-order chi connectivity index (χ1) is 13.1. The van der Waals surface area contributed by atoms with Gasteiger partial charge in [0.2, 0.25) is 5.91 Å². The molecular formula is C20H31ClN4O3. The third kappa shape index (κ3) is 5.59. The molecule has 0 saturated carbocycles. The topological polar surface area (TPSA) is 79.1 Å². The van der Waals surface area contributed by atoms with Crippen molar-refractivity contribution in [3.8, 4) is 0 Å². The zero-order valence-electron chi connectivity index (χ0n) is 16.5. The van der Waals surface area contributed by atoms with Gasteiger partial charge in [0, 0.05) is 53.0 Å². The number of piperazine rings is 1. The fraction of sp³-hybridized carbons (Fsp3) is 0.600. The Morgan fingerprint density at radius 1 is 1.11 bits per heavy atom. The second kappa shape index (κ2) is 10.6. The summed E-state index contributed by atoms with van der Waals surface area (Å²) in [6, 6.07) is 9.47. The molecule has 1 aromatic rings. The first kappa shape index (κ1) is 22.5. The Kier molecular flexibility index (Phi) is 8.54. The summed E-state index contributed by atoms with van der Waals surface area (Å²) in [5.41, 5.74) is 7.32. The zero-order valence-corrected chi connectivity index (χ0v) is 17.3. The van der Waals surface area contributed by atoms with Crippen molar-refractivity contribution in [2.24, 2.45) is 11.7 Å². The number of amides is 3. The van der Waals surface area contributed by atoms with Gasteiger partial charge in [-0.3, -0.25) is 4.79 Å². The van der Waals surface area contributed by atoms with Crippen LogP contribution < -0.4 is 5.73 Å². The van der Waals surface area contributed by atoms with E-state index < -0.39 is 6.04 Å². The van der Waals surface area contributed by atoms with Gasteiger partial charge in [-0.25, -0.2) is 4.79 Å². The van der Waals surface area contributed by atoms with Crippen LogP contribution in [-0.2, 0) is 16.1 Å². The number of carbonyl (C=O) groups is 2. The number of benzene rings is 1. The Labute approximate surface area is 173 Å². The minimum Gasteiger partial charge on any atom is -0.381 e. The van der Waals surface area contributed by atoms with Crippen LogP contribution in [0.5, 0.6) is 0 Å². The van der Waals surface area contributed by atoms with Crippen molar-refractivity contribution in [2.75, 3.05) is 46.4 Å². The van der Waals surface area contributed by atoms with Gasteiger partial charge in [0.25, 0.3) is 0 Å². The lowest BCUT2D eigenvalue weighted by Gasteiger charge is -2.38. The van der Waals surface area contributed by atoms with Gasteiger partial charge in [-0.1, -0.05) is 30.3 Å². The monoisotopic (exact) mass is 410 g/mol. The van der Waals surface area contributed by atoms with Crippen LogP contribution in [0.15, 0.2) is 30.3 Å². The van der Waals surface area contributed by atoms with Gasteiger partial charge in [0.05, 0.1) is 6.04 Å². The van der Waals surface area contributed by atoms with Crippen molar-refractivity contribution >= 4 is 24.3 Å². The second-order valence-electron chi connectivity index (χ2n) is 7.41. The molecule has 156 valence electrons. The van der Waals surface area contributed by atoms with Crippen molar-refractivity contribution in [1.82, 2.24) is 14.7 Å². The molecule has 2 aliphatic heterocycles. The van der Waals surface area contributed by atoms with E-state index in [1.165, 1.54) is 0 Å². The molecule has 0 spiro atoms. The van der Waals surface area contributed by atoms with Gasteiger partial charge < -0.3 is 25.2 Å². The summed E-state index contributed by atoms with van der Waals surface area (Å²) in [5.74, 6) is 0.203. The third-order valence-corrected chi connectivity index (χ3v) is 5.51. The predicted molar refractivity (Wildman–Crippen MR) is 110 cm³/mol. The summed E-state index contributed by atoms with van der Waals surface area (Å²) in [4.78, 5) is 30.7.